The van der Waals surface area contributed by atoms with Crippen molar-refractivity contribution in [2.75, 3.05) is 5.32 Å². The molecule has 3 aromatic heterocycles. The van der Waals surface area contributed by atoms with Gasteiger partial charge in [0, 0.05) is 17.4 Å². The summed E-state index contributed by atoms with van der Waals surface area (Å²) in [4.78, 5) is 30.0. The van der Waals surface area contributed by atoms with Crippen LogP contribution in [0.15, 0.2) is 82.2 Å². The topological polar surface area (TPSA) is 107 Å². The summed E-state index contributed by atoms with van der Waals surface area (Å²) in [5, 5.41) is 11.3. The minimum absolute atomic E-state index is 0.225. The number of rotatable bonds is 6. The van der Waals surface area contributed by atoms with Gasteiger partial charge in [-0.1, -0.05) is 60.6 Å². The number of nitrogens with zero attached hydrogens (tertiary/aromatic N) is 5. The monoisotopic (exact) mass is 440 g/mol. The number of aromatic nitrogens is 5. The molecule has 1 N–H and O–H groups in total. The van der Waals surface area contributed by atoms with Crippen molar-refractivity contribution >= 4 is 17.2 Å². The van der Waals surface area contributed by atoms with Gasteiger partial charge in [0.1, 0.15) is 6.54 Å². The van der Waals surface area contributed by atoms with Crippen molar-refractivity contribution in [2.45, 2.75) is 19.9 Å². The van der Waals surface area contributed by atoms with E-state index in [1.807, 2.05) is 61.5 Å². The van der Waals surface area contributed by atoms with Gasteiger partial charge in [-0.3, -0.25) is 4.79 Å². The summed E-state index contributed by atoms with van der Waals surface area (Å²) >= 11 is 0. The first-order valence-electron chi connectivity index (χ1n) is 10.5. The zero-order valence-electron chi connectivity index (χ0n) is 17.8. The Balaban J connectivity index is 1.45. The van der Waals surface area contributed by atoms with Gasteiger partial charge in [-0.25, -0.2) is 13.9 Å². The first-order valence-corrected chi connectivity index (χ1v) is 10.5. The maximum absolute atomic E-state index is 12.9. The highest BCUT2D eigenvalue weighted by molar-refractivity contribution is 5.91. The Hall–Kier alpha value is -4.53. The lowest BCUT2D eigenvalue weighted by atomic mass is 10.1. The molecule has 0 aliphatic rings. The second-order valence-corrected chi connectivity index (χ2v) is 7.40. The SMILES string of the molecule is CCc1ccccc1NC(=O)Cn1nc2c(-c3nc(-c4ccccc4)no3)cccn2c1=O. The zero-order chi connectivity index (χ0) is 22.8. The highest BCUT2D eigenvalue weighted by atomic mass is 16.5. The normalized spacial score (nSPS) is 11.1. The fourth-order valence-corrected chi connectivity index (χ4v) is 3.62. The molecule has 33 heavy (non-hydrogen) atoms. The minimum Gasteiger partial charge on any atom is -0.333 e. The van der Waals surface area contributed by atoms with Crippen LogP contribution in [-0.4, -0.2) is 30.2 Å². The molecule has 1 amide bonds. The van der Waals surface area contributed by atoms with Crippen LogP contribution in [0, 0.1) is 0 Å². The van der Waals surface area contributed by atoms with E-state index in [0.717, 1.165) is 27.9 Å². The predicted octanol–water partition coefficient (Wildman–Crippen LogP) is 3.41. The maximum Gasteiger partial charge on any atom is 0.350 e. The fourth-order valence-electron chi connectivity index (χ4n) is 3.62. The molecule has 9 heteroatoms. The van der Waals surface area contributed by atoms with Crippen LogP contribution < -0.4 is 11.0 Å². The van der Waals surface area contributed by atoms with Crippen LogP contribution in [-0.2, 0) is 17.8 Å². The Morgan fingerprint density at radius 1 is 1.03 bits per heavy atom. The van der Waals surface area contributed by atoms with Crippen LogP contribution >= 0.6 is 0 Å². The summed E-state index contributed by atoms with van der Waals surface area (Å²) < 4.78 is 7.92. The third kappa shape index (κ3) is 3.91. The molecule has 0 aliphatic carbocycles. The van der Waals surface area contributed by atoms with Gasteiger partial charge in [0.15, 0.2) is 5.65 Å². The molecule has 0 unspecified atom stereocenters. The molecule has 2 aromatic carbocycles. The van der Waals surface area contributed by atoms with E-state index >= 15 is 0 Å². The molecule has 0 bridgehead atoms. The van der Waals surface area contributed by atoms with Gasteiger partial charge in [0.25, 0.3) is 5.89 Å². The molecular weight excluding hydrogens is 420 g/mol. The Morgan fingerprint density at radius 2 is 1.82 bits per heavy atom. The Morgan fingerprint density at radius 3 is 2.64 bits per heavy atom. The molecule has 9 nitrogen and oxygen atoms in total. The van der Waals surface area contributed by atoms with E-state index in [1.165, 1.54) is 4.40 Å². The van der Waals surface area contributed by atoms with Gasteiger partial charge >= 0.3 is 5.69 Å². The van der Waals surface area contributed by atoms with Crippen molar-refractivity contribution in [2.24, 2.45) is 0 Å². The van der Waals surface area contributed by atoms with Crippen molar-refractivity contribution in [1.29, 1.82) is 0 Å². The summed E-state index contributed by atoms with van der Waals surface area (Å²) in [5.74, 6) is 0.327. The van der Waals surface area contributed by atoms with Crippen molar-refractivity contribution in [3.8, 4) is 22.8 Å². The number of aryl methyl sites for hydroxylation is 1. The van der Waals surface area contributed by atoms with E-state index in [2.05, 4.69) is 20.6 Å². The molecule has 0 saturated carbocycles. The van der Waals surface area contributed by atoms with E-state index in [9.17, 15) is 9.59 Å². The predicted molar refractivity (Wildman–Crippen MR) is 123 cm³/mol. The number of benzene rings is 2. The quantitative estimate of drug-likeness (QED) is 0.434. The molecule has 0 aliphatic heterocycles. The summed E-state index contributed by atoms with van der Waals surface area (Å²) in [7, 11) is 0. The molecule has 5 rings (SSSR count). The lowest BCUT2D eigenvalue weighted by Crippen LogP contribution is -2.28. The highest BCUT2D eigenvalue weighted by Gasteiger charge is 2.18. The highest BCUT2D eigenvalue weighted by Crippen LogP contribution is 2.24. The van der Waals surface area contributed by atoms with Gasteiger partial charge in [-0.15, -0.1) is 5.10 Å². The molecule has 0 radical (unpaired) electrons. The van der Waals surface area contributed by atoms with Crippen LogP contribution in [0.4, 0.5) is 5.69 Å². The summed E-state index contributed by atoms with van der Waals surface area (Å²) in [6.45, 7) is 1.79. The number of carbonyl (C=O) groups is 1. The largest absolute Gasteiger partial charge is 0.350 e. The van der Waals surface area contributed by atoms with E-state index in [1.54, 1.807) is 18.3 Å². The molecule has 164 valence electrons. The molecule has 5 aromatic rings. The number of fused-ring (bicyclic) bond motifs is 1. The summed E-state index contributed by atoms with van der Waals surface area (Å²) in [6, 6.07) is 20.4. The maximum atomic E-state index is 12.9. The minimum atomic E-state index is -0.437. The molecule has 0 atom stereocenters. The van der Waals surface area contributed by atoms with Crippen molar-refractivity contribution < 1.29 is 9.32 Å². The first kappa shape index (κ1) is 20.4. The van der Waals surface area contributed by atoms with Gasteiger partial charge in [0.2, 0.25) is 11.7 Å². The number of pyridine rings is 1. The fraction of sp³-hybridized carbons (Fsp3) is 0.125. The Kier molecular flexibility index (Phi) is 5.27. The second-order valence-electron chi connectivity index (χ2n) is 7.40. The van der Waals surface area contributed by atoms with Crippen LogP contribution in [0.25, 0.3) is 28.5 Å². The van der Waals surface area contributed by atoms with E-state index in [-0.39, 0.29) is 18.3 Å². The average molecular weight is 440 g/mol. The lowest BCUT2D eigenvalue weighted by Gasteiger charge is -2.09. The first-order chi connectivity index (χ1) is 16.1. The molecular formula is C24H20N6O3. The van der Waals surface area contributed by atoms with Gasteiger partial charge in [0.05, 0.1) is 5.56 Å². The molecule has 0 spiro atoms. The summed E-state index contributed by atoms with van der Waals surface area (Å²) in [6.07, 6.45) is 2.37. The van der Waals surface area contributed by atoms with Gasteiger partial charge in [-0.05, 0) is 30.2 Å². The van der Waals surface area contributed by atoms with E-state index < -0.39 is 5.69 Å². The lowest BCUT2D eigenvalue weighted by molar-refractivity contribution is -0.117. The van der Waals surface area contributed by atoms with Crippen LogP contribution in [0.5, 0.6) is 0 Å². The van der Waals surface area contributed by atoms with Crippen LogP contribution in [0.3, 0.4) is 0 Å². The molecule has 3 heterocycles. The zero-order valence-corrected chi connectivity index (χ0v) is 17.8. The molecule has 0 fully saturated rings. The smallest absolute Gasteiger partial charge is 0.333 e. The van der Waals surface area contributed by atoms with Crippen molar-refractivity contribution in [3.63, 3.8) is 0 Å². The van der Waals surface area contributed by atoms with Crippen LogP contribution in [0.1, 0.15) is 12.5 Å². The number of carbonyl (C=O) groups excluding carboxylic acids is 1. The number of hydrogen-bond acceptors (Lipinski definition) is 6. The third-order valence-electron chi connectivity index (χ3n) is 5.26. The van der Waals surface area contributed by atoms with Crippen molar-refractivity contribution in [1.82, 2.24) is 24.3 Å². The van der Waals surface area contributed by atoms with E-state index in [0.29, 0.717) is 17.0 Å². The average Bonchev–Trinajstić information content (AvgIpc) is 3.45. The Labute approximate surface area is 188 Å². The van der Waals surface area contributed by atoms with Crippen LogP contribution in [0.2, 0.25) is 0 Å². The molecule has 0 saturated heterocycles. The third-order valence-corrected chi connectivity index (χ3v) is 5.26. The van der Waals surface area contributed by atoms with Gasteiger partial charge < -0.3 is 9.84 Å². The Bertz CT molecular complexity index is 1500. The number of hydrogen-bond donors (Lipinski definition) is 1. The van der Waals surface area contributed by atoms with Gasteiger partial charge in [-0.2, -0.15) is 4.98 Å². The number of para-hydroxylation sites is 1. The number of nitrogens with one attached hydrogen (secondary N) is 1. The van der Waals surface area contributed by atoms with E-state index in [4.69, 9.17) is 4.52 Å². The summed E-state index contributed by atoms with van der Waals surface area (Å²) in [5.41, 5.74) is 2.94. The number of amides is 1. The van der Waals surface area contributed by atoms with Crippen molar-refractivity contribution in [3.05, 3.63) is 89.0 Å². The second kappa shape index (κ2) is 8.54. The number of anilines is 1. The standard InChI is InChI=1S/C24H20N6O3/c1-2-16-9-6-7-13-19(16)25-20(31)15-30-24(32)29-14-8-12-18(22(29)27-30)23-26-21(28-33-23)17-10-4-3-5-11-17/h3-14H,2,15H2,1H3,(H,25,31).